The summed E-state index contributed by atoms with van der Waals surface area (Å²) in [6.45, 7) is 0. The van der Waals surface area contributed by atoms with Crippen LogP contribution in [0.2, 0.25) is 0 Å². The molecule has 0 bridgehead atoms. The van der Waals surface area contributed by atoms with Gasteiger partial charge < -0.3 is 13.6 Å². The fourth-order valence-corrected chi connectivity index (χ4v) is 11.2. The summed E-state index contributed by atoms with van der Waals surface area (Å²) >= 11 is 0. The quantitative estimate of drug-likeness (QED) is 0.160. The van der Waals surface area contributed by atoms with E-state index in [1.807, 2.05) is 6.07 Å². The number of furan rings is 1. The average Bonchev–Trinajstić information content (AvgIpc) is 4.10. The number of allylic oxidation sites excluding steroid dienone is 4. The van der Waals surface area contributed by atoms with Crippen molar-refractivity contribution in [2.75, 3.05) is 0 Å². The highest BCUT2D eigenvalue weighted by Crippen LogP contribution is 2.48. The molecule has 0 radical (unpaired) electrons. The van der Waals surface area contributed by atoms with Gasteiger partial charge in [-0.1, -0.05) is 182 Å². The molecule has 4 nitrogen and oxygen atoms in total. The summed E-state index contributed by atoms with van der Waals surface area (Å²) in [5.74, 6) is 0. The van der Waals surface area contributed by atoms with E-state index >= 15 is 0 Å². The molecule has 4 heteroatoms. The van der Waals surface area contributed by atoms with E-state index in [4.69, 9.17) is 4.42 Å². The number of rotatable bonds is 7. The third-order valence-electron chi connectivity index (χ3n) is 14.6. The van der Waals surface area contributed by atoms with E-state index in [2.05, 4.69) is 246 Å². The number of aromatic nitrogens is 2. The predicted octanol–water partition coefficient (Wildman–Crippen LogP) is 18.1. The highest BCUT2D eigenvalue weighted by atomic mass is 16.3. The number of hydrogen-bond acceptors (Lipinski definition) is 2. The van der Waals surface area contributed by atoms with Crippen LogP contribution in [0.5, 0.6) is 0 Å². The first-order valence-electron chi connectivity index (χ1n) is 24.4. The monoisotopic (exact) mass is 905 g/mol. The van der Waals surface area contributed by atoms with Gasteiger partial charge in [0.2, 0.25) is 0 Å². The lowest BCUT2D eigenvalue weighted by Gasteiger charge is -2.19. The Labute approximate surface area is 410 Å². The second kappa shape index (κ2) is 16.4. The number of para-hydroxylation sites is 1. The SMILES string of the molecule is N#Cc1cc2c(oc3c(-c4ccccc4)cccc32)c(-n2c3ccc(C4=CCCC=C4)cc3c3cc(-c4ccccc4)ccc32)c1-n1c2ccc(-c3ccccc3)cc2c2cc(-c3ccccc3)ccc21. The Bertz CT molecular complexity index is 4280. The number of nitrogens with zero attached hydrogens (tertiary/aromatic N) is 3. The van der Waals surface area contributed by atoms with E-state index in [1.54, 1.807) is 0 Å². The molecule has 332 valence electrons. The zero-order chi connectivity index (χ0) is 47.0. The molecule has 14 rings (SSSR count). The van der Waals surface area contributed by atoms with Gasteiger partial charge in [0.15, 0.2) is 5.58 Å². The molecule has 0 amide bonds. The van der Waals surface area contributed by atoms with Gasteiger partial charge in [-0.15, -0.1) is 0 Å². The Balaban J connectivity index is 1.16. The van der Waals surface area contributed by atoms with Crippen LogP contribution in [0.3, 0.4) is 0 Å². The summed E-state index contributed by atoms with van der Waals surface area (Å²) in [4.78, 5) is 0. The van der Waals surface area contributed by atoms with Crippen LogP contribution >= 0.6 is 0 Å². The Kier molecular flexibility index (Phi) is 9.37. The van der Waals surface area contributed by atoms with Crippen molar-refractivity contribution in [2.45, 2.75) is 12.8 Å². The molecule has 0 saturated heterocycles. The van der Waals surface area contributed by atoms with Gasteiger partial charge in [-0.2, -0.15) is 5.26 Å². The van der Waals surface area contributed by atoms with E-state index < -0.39 is 0 Å². The highest BCUT2D eigenvalue weighted by molar-refractivity contribution is 6.18. The lowest BCUT2D eigenvalue weighted by atomic mass is 9.97. The first-order chi connectivity index (χ1) is 35.2. The van der Waals surface area contributed by atoms with Gasteiger partial charge in [-0.05, 0) is 118 Å². The van der Waals surface area contributed by atoms with E-state index in [9.17, 15) is 5.26 Å². The van der Waals surface area contributed by atoms with Gasteiger partial charge >= 0.3 is 0 Å². The van der Waals surface area contributed by atoms with Crippen LogP contribution in [0.1, 0.15) is 24.0 Å². The van der Waals surface area contributed by atoms with E-state index in [-0.39, 0.29) is 0 Å². The maximum Gasteiger partial charge on any atom is 0.161 e. The Morgan fingerprint density at radius 3 is 1.31 bits per heavy atom. The van der Waals surface area contributed by atoms with Crippen molar-refractivity contribution in [1.82, 2.24) is 9.13 Å². The lowest BCUT2D eigenvalue weighted by molar-refractivity contribution is 0.667. The van der Waals surface area contributed by atoms with Crippen molar-refractivity contribution in [3.05, 3.63) is 248 Å². The molecule has 0 aliphatic heterocycles. The molecule has 3 aromatic heterocycles. The molecule has 0 saturated carbocycles. The Morgan fingerprint density at radius 2 is 0.831 bits per heavy atom. The molecular weight excluding hydrogens is 863 g/mol. The minimum Gasteiger partial charge on any atom is -0.453 e. The van der Waals surface area contributed by atoms with Gasteiger partial charge in [0.1, 0.15) is 17.3 Å². The molecule has 0 N–H and O–H groups in total. The van der Waals surface area contributed by atoms with Crippen LogP contribution in [0.15, 0.2) is 241 Å². The molecule has 3 heterocycles. The molecule has 1 aliphatic rings. The van der Waals surface area contributed by atoms with Crippen LogP contribution in [0, 0.1) is 11.3 Å². The largest absolute Gasteiger partial charge is 0.453 e. The van der Waals surface area contributed by atoms with Crippen molar-refractivity contribution in [3.8, 4) is 62.0 Å². The molecule has 13 aromatic rings. The third kappa shape index (κ3) is 6.52. The minimum atomic E-state index is 0.545. The molecule has 0 fully saturated rings. The van der Waals surface area contributed by atoms with Crippen molar-refractivity contribution in [3.63, 3.8) is 0 Å². The molecule has 1 aliphatic carbocycles. The molecule has 0 unspecified atom stereocenters. The maximum atomic E-state index is 11.7. The van der Waals surface area contributed by atoms with Gasteiger partial charge in [0.05, 0.1) is 33.3 Å². The molecular formula is C67H43N3O. The number of fused-ring (bicyclic) bond motifs is 9. The fraction of sp³-hybridized carbons (Fsp3) is 0.0299. The van der Waals surface area contributed by atoms with Crippen LogP contribution in [-0.2, 0) is 0 Å². The van der Waals surface area contributed by atoms with Crippen molar-refractivity contribution >= 4 is 71.1 Å². The summed E-state index contributed by atoms with van der Waals surface area (Å²) < 4.78 is 12.2. The van der Waals surface area contributed by atoms with Gasteiger partial charge in [0, 0.05) is 37.9 Å². The minimum absolute atomic E-state index is 0.545. The van der Waals surface area contributed by atoms with Crippen LogP contribution < -0.4 is 0 Å². The van der Waals surface area contributed by atoms with Crippen LogP contribution in [0.4, 0.5) is 0 Å². The summed E-state index contributed by atoms with van der Waals surface area (Å²) in [7, 11) is 0. The summed E-state index contributed by atoms with van der Waals surface area (Å²) in [5.41, 5.74) is 18.9. The average molecular weight is 906 g/mol. The predicted molar refractivity (Wildman–Crippen MR) is 295 cm³/mol. The van der Waals surface area contributed by atoms with E-state index in [1.165, 1.54) is 11.1 Å². The van der Waals surface area contributed by atoms with Gasteiger partial charge in [-0.3, -0.25) is 0 Å². The van der Waals surface area contributed by atoms with Crippen molar-refractivity contribution in [2.24, 2.45) is 0 Å². The lowest BCUT2D eigenvalue weighted by Crippen LogP contribution is -2.07. The zero-order valence-electron chi connectivity index (χ0n) is 38.7. The highest BCUT2D eigenvalue weighted by Gasteiger charge is 2.29. The number of nitriles is 1. The third-order valence-corrected chi connectivity index (χ3v) is 14.6. The number of hydrogen-bond donors (Lipinski definition) is 0. The molecule has 0 atom stereocenters. The van der Waals surface area contributed by atoms with Gasteiger partial charge in [0.25, 0.3) is 0 Å². The summed E-state index contributed by atoms with van der Waals surface area (Å²) in [5, 5.41) is 18.0. The van der Waals surface area contributed by atoms with Gasteiger partial charge in [-0.25, -0.2) is 0 Å². The summed E-state index contributed by atoms with van der Waals surface area (Å²) in [6, 6.07) is 80.6. The fourth-order valence-electron chi connectivity index (χ4n) is 11.2. The Hall–Kier alpha value is -9.43. The second-order valence-electron chi connectivity index (χ2n) is 18.6. The maximum absolute atomic E-state index is 11.7. The van der Waals surface area contributed by atoms with E-state index in [0.717, 1.165) is 129 Å². The standard InChI is InChI=1S/C67H43N3O/c68-42-52-41-59-54-28-16-27-53(47-25-14-5-15-26-47)66(54)71-67(59)65(70-62-35-31-50(45-21-10-3-11-22-45)39-57(62)58-40-51(32-36-63(58)70)46-23-12-4-13-24-46)64(52)69-60-33-29-48(43-17-6-1-7-18-43)37-55(60)56-38-49(30-34-61(56)69)44-19-8-2-9-20-44/h1-3,5-12,14-41H,4,13H2. The van der Waals surface area contributed by atoms with Crippen molar-refractivity contribution in [1.29, 1.82) is 5.26 Å². The van der Waals surface area contributed by atoms with Crippen molar-refractivity contribution < 1.29 is 4.42 Å². The number of benzene rings is 10. The van der Waals surface area contributed by atoms with E-state index in [0.29, 0.717) is 11.1 Å². The first-order valence-corrected chi connectivity index (χ1v) is 24.4. The zero-order valence-corrected chi connectivity index (χ0v) is 38.7. The Morgan fingerprint density at radius 1 is 0.366 bits per heavy atom. The van der Waals surface area contributed by atoms with Crippen LogP contribution in [-0.4, -0.2) is 9.13 Å². The molecule has 0 spiro atoms. The van der Waals surface area contributed by atoms with Crippen LogP contribution in [0.25, 0.3) is 127 Å². The first kappa shape index (κ1) is 40.6. The molecule has 10 aromatic carbocycles. The normalized spacial score (nSPS) is 12.7. The second-order valence-corrected chi connectivity index (χ2v) is 18.6. The smallest absolute Gasteiger partial charge is 0.161 e. The topological polar surface area (TPSA) is 46.8 Å². The summed E-state index contributed by atoms with van der Waals surface area (Å²) in [6.07, 6.45) is 8.94. The molecule has 71 heavy (non-hydrogen) atoms.